The third kappa shape index (κ3) is 5.11. The van der Waals surface area contributed by atoms with Crippen molar-refractivity contribution in [2.24, 2.45) is 0 Å². The lowest BCUT2D eigenvalue weighted by Gasteiger charge is -2.04. The van der Waals surface area contributed by atoms with E-state index in [-0.39, 0.29) is 18.3 Å². The molecule has 0 saturated carbocycles. The Morgan fingerprint density at radius 2 is 2.07 bits per heavy atom. The molecule has 1 aromatic carbocycles. The summed E-state index contributed by atoms with van der Waals surface area (Å²) in [6.45, 7) is 0.747. The Kier molecular flexibility index (Phi) is 5.71. The Hall–Kier alpha value is -3.39. The molecule has 1 amide bonds. The fraction of sp³-hybridized carbons (Fsp3) is 0.0952. The van der Waals surface area contributed by atoms with Crippen molar-refractivity contribution < 1.29 is 13.9 Å². The molecular formula is C21H17BrN4O3. The van der Waals surface area contributed by atoms with E-state index in [0.29, 0.717) is 23.9 Å². The smallest absolute Gasteiger partial charge is 0.292 e. The van der Waals surface area contributed by atoms with Crippen molar-refractivity contribution in [3.8, 4) is 5.75 Å². The summed E-state index contributed by atoms with van der Waals surface area (Å²) in [5.74, 6) is 1.52. The predicted octanol–water partition coefficient (Wildman–Crippen LogP) is 4.51. The summed E-state index contributed by atoms with van der Waals surface area (Å²) < 4.78 is 13.9. The van der Waals surface area contributed by atoms with Gasteiger partial charge in [0, 0.05) is 22.9 Å². The highest BCUT2D eigenvalue weighted by Crippen LogP contribution is 2.19. The zero-order valence-corrected chi connectivity index (χ0v) is 16.9. The minimum absolute atomic E-state index is 0.192. The van der Waals surface area contributed by atoms with Crippen LogP contribution in [0.25, 0.3) is 0 Å². The Balaban J connectivity index is 1.33. The molecule has 1 N–H and O–H groups in total. The molecule has 29 heavy (non-hydrogen) atoms. The highest BCUT2D eigenvalue weighted by molar-refractivity contribution is 9.10. The van der Waals surface area contributed by atoms with Gasteiger partial charge in [0.25, 0.3) is 5.91 Å². The van der Waals surface area contributed by atoms with Crippen LogP contribution in [0.2, 0.25) is 0 Å². The maximum Gasteiger partial charge on any atom is 0.292 e. The molecule has 0 aliphatic heterocycles. The van der Waals surface area contributed by atoms with Crippen LogP contribution in [0.5, 0.6) is 5.75 Å². The molecule has 0 aliphatic rings. The van der Waals surface area contributed by atoms with Crippen molar-refractivity contribution >= 4 is 27.7 Å². The third-order valence-corrected chi connectivity index (χ3v) is 4.49. The van der Waals surface area contributed by atoms with Gasteiger partial charge < -0.3 is 14.5 Å². The van der Waals surface area contributed by atoms with Crippen LogP contribution in [-0.4, -0.2) is 20.7 Å². The van der Waals surface area contributed by atoms with Crippen LogP contribution in [0.15, 0.2) is 81.9 Å². The van der Waals surface area contributed by atoms with E-state index in [9.17, 15) is 4.79 Å². The van der Waals surface area contributed by atoms with Crippen LogP contribution in [0.4, 0.5) is 5.82 Å². The molecule has 7 nitrogen and oxygen atoms in total. The summed E-state index contributed by atoms with van der Waals surface area (Å²) in [7, 11) is 0. The molecule has 0 bridgehead atoms. The molecule has 3 heterocycles. The Bertz CT molecular complexity index is 1110. The molecule has 4 rings (SSSR count). The number of anilines is 1. The summed E-state index contributed by atoms with van der Waals surface area (Å²) in [6, 6.07) is 18.3. The molecule has 0 fully saturated rings. The Labute approximate surface area is 175 Å². The van der Waals surface area contributed by atoms with Crippen molar-refractivity contribution in [1.29, 1.82) is 0 Å². The molecule has 0 aliphatic carbocycles. The molecular weight excluding hydrogens is 436 g/mol. The molecule has 146 valence electrons. The van der Waals surface area contributed by atoms with Gasteiger partial charge >= 0.3 is 0 Å². The lowest BCUT2D eigenvalue weighted by Crippen LogP contribution is -2.12. The zero-order chi connectivity index (χ0) is 20.1. The van der Waals surface area contributed by atoms with Gasteiger partial charge in [-0.2, -0.15) is 5.10 Å². The first-order valence-corrected chi connectivity index (χ1v) is 9.67. The third-order valence-electron chi connectivity index (χ3n) is 4.00. The van der Waals surface area contributed by atoms with Gasteiger partial charge in [0.2, 0.25) is 0 Å². The van der Waals surface area contributed by atoms with Crippen molar-refractivity contribution in [2.75, 3.05) is 5.32 Å². The second kappa shape index (κ2) is 8.74. The van der Waals surface area contributed by atoms with Crippen LogP contribution < -0.4 is 10.1 Å². The predicted molar refractivity (Wildman–Crippen MR) is 111 cm³/mol. The number of hydrogen-bond donors (Lipinski definition) is 1. The van der Waals surface area contributed by atoms with Crippen molar-refractivity contribution in [2.45, 2.75) is 13.2 Å². The highest BCUT2D eigenvalue weighted by atomic mass is 79.9. The van der Waals surface area contributed by atoms with Crippen LogP contribution >= 0.6 is 15.9 Å². The second-order valence-electron chi connectivity index (χ2n) is 6.19. The molecule has 0 unspecified atom stereocenters. The van der Waals surface area contributed by atoms with E-state index in [1.54, 1.807) is 35.3 Å². The number of ether oxygens (including phenoxy) is 1. The van der Waals surface area contributed by atoms with Crippen molar-refractivity contribution in [1.82, 2.24) is 14.8 Å². The molecule has 4 aromatic rings. The summed E-state index contributed by atoms with van der Waals surface area (Å²) in [5.41, 5.74) is 0.884. The Morgan fingerprint density at radius 3 is 2.90 bits per heavy atom. The van der Waals surface area contributed by atoms with Gasteiger partial charge in [-0.15, -0.1) is 0 Å². The number of carbonyl (C=O) groups excluding carboxylic acids is 1. The van der Waals surface area contributed by atoms with Crippen LogP contribution in [-0.2, 0) is 13.2 Å². The van der Waals surface area contributed by atoms with E-state index in [4.69, 9.17) is 9.15 Å². The topological polar surface area (TPSA) is 82.2 Å². The van der Waals surface area contributed by atoms with E-state index in [2.05, 4.69) is 31.3 Å². The summed E-state index contributed by atoms with van der Waals surface area (Å²) in [4.78, 5) is 16.7. The van der Waals surface area contributed by atoms with E-state index >= 15 is 0 Å². The fourth-order valence-corrected chi connectivity index (χ4v) is 3.02. The number of nitrogens with zero attached hydrogens (tertiary/aromatic N) is 3. The zero-order valence-electron chi connectivity index (χ0n) is 15.3. The lowest BCUT2D eigenvalue weighted by molar-refractivity contribution is 0.0992. The van der Waals surface area contributed by atoms with Crippen LogP contribution in [0, 0.1) is 0 Å². The van der Waals surface area contributed by atoms with Gasteiger partial charge in [-0.25, -0.2) is 0 Å². The molecule has 3 aromatic heterocycles. The second-order valence-corrected chi connectivity index (χ2v) is 7.10. The molecule has 0 saturated heterocycles. The number of aromatic nitrogens is 3. The average Bonchev–Trinajstić information content (AvgIpc) is 3.37. The van der Waals surface area contributed by atoms with Gasteiger partial charge in [0.15, 0.2) is 11.6 Å². The van der Waals surface area contributed by atoms with Gasteiger partial charge in [0.05, 0.1) is 12.2 Å². The number of furan rings is 1. The van der Waals surface area contributed by atoms with E-state index in [1.807, 2.05) is 42.5 Å². The van der Waals surface area contributed by atoms with Crippen molar-refractivity contribution in [3.05, 3.63) is 94.7 Å². The number of nitrogens with one attached hydrogen (secondary N) is 1. The quantitative estimate of drug-likeness (QED) is 0.445. The van der Waals surface area contributed by atoms with Gasteiger partial charge in [0.1, 0.15) is 18.1 Å². The molecule has 0 atom stereocenters. The maximum absolute atomic E-state index is 12.4. The minimum atomic E-state index is -0.373. The number of pyridine rings is 1. The standard InChI is InChI=1S/C21H17BrN4O3/c22-15-4-3-6-17(12-15)28-14-18-7-8-19(29-18)21(27)24-20-9-11-26(25-20)13-16-5-1-2-10-23-16/h1-12H,13-14H2,(H,24,25,27). The normalized spacial score (nSPS) is 10.7. The number of rotatable bonds is 7. The summed E-state index contributed by atoms with van der Waals surface area (Å²) in [5, 5.41) is 7.06. The number of carbonyl (C=O) groups is 1. The Morgan fingerprint density at radius 1 is 1.14 bits per heavy atom. The largest absolute Gasteiger partial charge is 0.486 e. The first-order chi connectivity index (χ1) is 14.2. The number of benzene rings is 1. The first kappa shape index (κ1) is 18.9. The highest BCUT2D eigenvalue weighted by Gasteiger charge is 2.13. The van der Waals surface area contributed by atoms with E-state index in [0.717, 1.165) is 10.2 Å². The van der Waals surface area contributed by atoms with Crippen molar-refractivity contribution in [3.63, 3.8) is 0 Å². The molecule has 8 heteroatoms. The minimum Gasteiger partial charge on any atom is -0.486 e. The summed E-state index contributed by atoms with van der Waals surface area (Å²) >= 11 is 3.40. The molecule has 0 radical (unpaired) electrons. The van der Waals surface area contributed by atoms with E-state index < -0.39 is 0 Å². The fourth-order valence-electron chi connectivity index (χ4n) is 2.64. The monoisotopic (exact) mass is 452 g/mol. The SMILES string of the molecule is O=C(Nc1ccn(Cc2ccccn2)n1)c1ccc(COc2cccc(Br)c2)o1. The van der Waals surface area contributed by atoms with Gasteiger partial charge in [-0.05, 0) is 42.5 Å². The first-order valence-electron chi connectivity index (χ1n) is 8.87. The average molecular weight is 453 g/mol. The molecule has 0 spiro atoms. The van der Waals surface area contributed by atoms with E-state index in [1.165, 1.54) is 0 Å². The lowest BCUT2D eigenvalue weighted by atomic mass is 10.3. The van der Waals surface area contributed by atoms with Crippen LogP contribution in [0.3, 0.4) is 0 Å². The van der Waals surface area contributed by atoms with Crippen LogP contribution in [0.1, 0.15) is 22.0 Å². The number of amides is 1. The van der Waals surface area contributed by atoms with Gasteiger partial charge in [-0.3, -0.25) is 14.5 Å². The summed E-state index contributed by atoms with van der Waals surface area (Å²) in [6.07, 6.45) is 3.51. The number of hydrogen-bond acceptors (Lipinski definition) is 5. The number of halogens is 1. The maximum atomic E-state index is 12.4. The van der Waals surface area contributed by atoms with Gasteiger partial charge in [-0.1, -0.05) is 28.1 Å².